The van der Waals surface area contributed by atoms with Gasteiger partial charge in [0.1, 0.15) is 0 Å². The summed E-state index contributed by atoms with van der Waals surface area (Å²) in [5.41, 5.74) is 0.389. The van der Waals surface area contributed by atoms with Gasteiger partial charge in [-0.25, -0.2) is 8.42 Å². The van der Waals surface area contributed by atoms with Crippen LogP contribution >= 0.6 is 23.2 Å². The van der Waals surface area contributed by atoms with Crippen LogP contribution in [0.15, 0.2) is 52.9 Å². The zero-order valence-corrected chi connectivity index (χ0v) is 12.0. The van der Waals surface area contributed by atoms with Crippen molar-refractivity contribution in [2.75, 3.05) is 0 Å². The van der Waals surface area contributed by atoms with Crippen molar-refractivity contribution in [1.29, 1.82) is 0 Å². The molecule has 2 aromatic rings. The summed E-state index contributed by atoms with van der Waals surface area (Å²) in [5.74, 6) is 0. The fraction of sp³-hybridized carbons (Fsp3) is 0. The molecule has 0 aliphatic carbocycles. The third-order valence-electron chi connectivity index (χ3n) is 2.34. The lowest BCUT2D eigenvalue weighted by Gasteiger charge is -2.01. The van der Waals surface area contributed by atoms with E-state index in [2.05, 4.69) is 4.98 Å². The van der Waals surface area contributed by atoms with E-state index in [1.807, 2.05) is 0 Å². The van der Waals surface area contributed by atoms with Crippen LogP contribution in [0.4, 0.5) is 0 Å². The van der Waals surface area contributed by atoms with Crippen LogP contribution in [0.25, 0.3) is 6.08 Å². The average molecular weight is 314 g/mol. The second-order valence-corrected chi connectivity index (χ2v) is 6.27. The normalized spacial score (nSPS) is 11.9. The Labute approximate surface area is 121 Å². The van der Waals surface area contributed by atoms with E-state index in [9.17, 15) is 8.42 Å². The lowest BCUT2D eigenvalue weighted by molar-refractivity contribution is 0.605. The minimum Gasteiger partial charge on any atom is -0.255 e. The van der Waals surface area contributed by atoms with E-state index in [0.717, 1.165) is 5.41 Å². The van der Waals surface area contributed by atoms with Gasteiger partial charge in [0, 0.05) is 11.6 Å². The molecule has 1 aromatic heterocycles. The Morgan fingerprint density at radius 1 is 1.00 bits per heavy atom. The van der Waals surface area contributed by atoms with E-state index in [1.54, 1.807) is 24.3 Å². The van der Waals surface area contributed by atoms with Gasteiger partial charge in [0.2, 0.25) is 9.84 Å². The Bertz CT molecular complexity index is 727. The molecule has 0 amide bonds. The summed E-state index contributed by atoms with van der Waals surface area (Å²) in [7, 11) is -3.62. The number of rotatable bonds is 3. The molecule has 1 aromatic carbocycles. The van der Waals surface area contributed by atoms with Crippen LogP contribution in [0.5, 0.6) is 0 Å². The predicted molar refractivity (Wildman–Crippen MR) is 76.9 cm³/mol. The predicted octanol–water partition coefficient (Wildman–Crippen LogP) is 3.83. The van der Waals surface area contributed by atoms with Crippen molar-refractivity contribution in [3.63, 3.8) is 0 Å². The molecule has 0 radical (unpaired) electrons. The molecule has 0 bridgehead atoms. The van der Waals surface area contributed by atoms with E-state index in [0.29, 0.717) is 10.7 Å². The maximum absolute atomic E-state index is 12.1. The van der Waals surface area contributed by atoms with Crippen LogP contribution in [0.2, 0.25) is 10.0 Å². The number of benzene rings is 1. The van der Waals surface area contributed by atoms with Crippen LogP contribution in [0, 0.1) is 0 Å². The molecular formula is C13H9Cl2NO2S. The molecular weight excluding hydrogens is 305 g/mol. The van der Waals surface area contributed by atoms with Gasteiger partial charge < -0.3 is 0 Å². The Balaban J connectivity index is 2.38. The first-order chi connectivity index (χ1) is 9.00. The van der Waals surface area contributed by atoms with Gasteiger partial charge in [-0.15, -0.1) is 0 Å². The number of hydrogen-bond donors (Lipinski definition) is 0. The van der Waals surface area contributed by atoms with Crippen LogP contribution < -0.4 is 0 Å². The lowest BCUT2D eigenvalue weighted by Crippen LogP contribution is -1.97. The SMILES string of the molecule is O=S(=O)(C=Cc1ncccc1Cl)c1ccccc1Cl. The molecule has 0 unspecified atom stereocenters. The Morgan fingerprint density at radius 3 is 2.37 bits per heavy atom. The lowest BCUT2D eigenvalue weighted by atomic mass is 10.3. The van der Waals surface area contributed by atoms with Crippen LogP contribution in [0.1, 0.15) is 5.69 Å². The molecule has 6 heteroatoms. The third-order valence-corrected chi connectivity index (χ3v) is 4.56. The number of halogens is 2. The molecule has 0 aliphatic heterocycles. The molecule has 0 N–H and O–H groups in total. The van der Waals surface area contributed by atoms with Crippen molar-refractivity contribution in [2.45, 2.75) is 4.90 Å². The molecule has 19 heavy (non-hydrogen) atoms. The van der Waals surface area contributed by atoms with Crippen molar-refractivity contribution in [3.05, 3.63) is 63.7 Å². The highest BCUT2D eigenvalue weighted by Crippen LogP contribution is 2.23. The zero-order valence-electron chi connectivity index (χ0n) is 9.62. The molecule has 0 aliphatic rings. The van der Waals surface area contributed by atoms with Crippen LogP contribution in [-0.2, 0) is 9.84 Å². The highest BCUT2D eigenvalue weighted by Gasteiger charge is 2.14. The number of aromatic nitrogens is 1. The van der Waals surface area contributed by atoms with Gasteiger partial charge in [-0.3, -0.25) is 4.98 Å². The van der Waals surface area contributed by atoms with E-state index in [1.165, 1.54) is 24.4 Å². The Morgan fingerprint density at radius 2 is 1.68 bits per heavy atom. The monoisotopic (exact) mass is 313 g/mol. The van der Waals surface area contributed by atoms with Gasteiger partial charge in [-0.05, 0) is 30.3 Å². The summed E-state index contributed by atoms with van der Waals surface area (Å²) in [6, 6.07) is 9.55. The van der Waals surface area contributed by atoms with Crippen molar-refractivity contribution in [3.8, 4) is 0 Å². The van der Waals surface area contributed by atoms with Gasteiger partial charge in [-0.2, -0.15) is 0 Å². The fourth-order valence-corrected chi connectivity index (χ4v) is 3.13. The maximum Gasteiger partial charge on any atom is 0.201 e. The van der Waals surface area contributed by atoms with Crippen LogP contribution in [0.3, 0.4) is 0 Å². The first kappa shape index (κ1) is 14.1. The molecule has 0 atom stereocenters. The van der Waals surface area contributed by atoms with E-state index >= 15 is 0 Å². The third kappa shape index (κ3) is 3.35. The minimum absolute atomic E-state index is 0.0555. The Kier molecular flexibility index (Phi) is 4.24. The van der Waals surface area contributed by atoms with Crippen LogP contribution in [-0.4, -0.2) is 13.4 Å². The quantitative estimate of drug-likeness (QED) is 0.865. The first-order valence-corrected chi connectivity index (χ1v) is 7.59. The summed E-state index contributed by atoms with van der Waals surface area (Å²) in [6.07, 6.45) is 2.88. The molecule has 2 rings (SSSR count). The summed E-state index contributed by atoms with van der Waals surface area (Å²) in [4.78, 5) is 4.04. The fourth-order valence-electron chi connectivity index (χ4n) is 1.42. The molecule has 0 fully saturated rings. The van der Waals surface area contributed by atoms with E-state index in [-0.39, 0.29) is 9.92 Å². The minimum atomic E-state index is -3.62. The maximum atomic E-state index is 12.1. The number of nitrogens with zero attached hydrogens (tertiary/aromatic N) is 1. The molecule has 0 saturated carbocycles. The van der Waals surface area contributed by atoms with Crippen molar-refractivity contribution < 1.29 is 8.42 Å². The van der Waals surface area contributed by atoms with Crippen molar-refractivity contribution in [2.24, 2.45) is 0 Å². The topological polar surface area (TPSA) is 47.0 Å². The molecule has 3 nitrogen and oxygen atoms in total. The number of sulfone groups is 1. The van der Waals surface area contributed by atoms with Gasteiger partial charge in [0.15, 0.2) is 0 Å². The standard InChI is InChI=1S/C13H9Cl2NO2S/c14-10-5-3-8-16-12(10)7-9-19(17,18)13-6-2-1-4-11(13)15/h1-9H. The van der Waals surface area contributed by atoms with Gasteiger partial charge in [-0.1, -0.05) is 35.3 Å². The summed E-state index contributed by atoms with van der Waals surface area (Å²) >= 11 is 11.8. The highest BCUT2D eigenvalue weighted by molar-refractivity contribution is 7.94. The number of hydrogen-bond acceptors (Lipinski definition) is 3. The number of pyridine rings is 1. The second kappa shape index (κ2) is 5.74. The van der Waals surface area contributed by atoms with E-state index < -0.39 is 9.84 Å². The average Bonchev–Trinajstić information content (AvgIpc) is 2.38. The molecule has 0 spiro atoms. The zero-order chi connectivity index (χ0) is 13.9. The Hall–Kier alpha value is -1.36. The molecule has 1 heterocycles. The van der Waals surface area contributed by atoms with E-state index in [4.69, 9.17) is 23.2 Å². The highest BCUT2D eigenvalue weighted by atomic mass is 35.5. The first-order valence-electron chi connectivity index (χ1n) is 5.29. The summed E-state index contributed by atoms with van der Waals surface area (Å²) < 4.78 is 24.2. The summed E-state index contributed by atoms with van der Waals surface area (Å²) in [6.45, 7) is 0. The summed E-state index contributed by atoms with van der Waals surface area (Å²) in [5, 5.41) is 1.61. The largest absolute Gasteiger partial charge is 0.255 e. The van der Waals surface area contributed by atoms with Gasteiger partial charge in [0.25, 0.3) is 0 Å². The molecule has 0 saturated heterocycles. The smallest absolute Gasteiger partial charge is 0.201 e. The van der Waals surface area contributed by atoms with Gasteiger partial charge in [0.05, 0.1) is 20.6 Å². The van der Waals surface area contributed by atoms with Crippen molar-refractivity contribution in [1.82, 2.24) is 4.98 Å². The van der Waals surface area contributed by atoms with Gasteiger partial charge >= 0.3 is 0 Å². The molecule has 98 valence electrons. The second-order valence-electron chi connectivity index (χ2n) is 3.65. The van der Waals surface area contributed by atoms with Crippen molar-refractivity contribution >= 4 is 39.1 Å².